The predicted molar refractivity (Wildman–Crippen MR) is 51.2 cm³/mol. The molecule has 0 aliphatic carbocycles. The van der Waals surface area contributed by atoms with Crippen LogP contribution in [0.4, 0.5) is 0 Å². The van der Waals surface area contributed by atoms with Crippen molar-refractivity contribution in [3.8, 4) is 0 Å². The fraction of sp³-hybridized carbons (Fsp3) is 0.571. The average molecular weight is 266 g/mol. The standard InChI is InChI=1S/C7H8ClNO6Si/c8-4-16-13-5(10)1-9(2-6(11)14-16)3-7(12)15-16/h1-4H2. The van der Waals surface area contributed by atoms with Crippen molar-refractivity contribution in [1.29, 1.82) is 0 Å². The van der Waals surface area contributed by atoms with Crippen molar-refractivity contribution >= 4 is 38.3 Å². The van der Waals surface area contributed by atoms with Crippen molar-refractivity contribution < 1.29 is 27.7 Å². The van der Waals surface area contributed by atoms with E-state index in [-0.39, 0.29) is 25.1 Å². The Balaban J connectivity index is 2.34. The third kappa shape index (κ3) is 2.18. The molecule has 3 aliphatic rings. The van der Waals surface area contributed by atoms with E-state index in [0.29, 0.717) is 0 Å². The lowest BCUT2D eigenvalue weighted by molar-refractivity contribution is -0.161. The summed E-state index contributed by atoms with van der Waals surface area (Å²) in [7, 11) is -3.70. The van der Waals surface area contributed by atoms with Crippen molar-refractivity contribution in [1.82, 2.24) is 4.90 Å². The predicted octanol–water partition coefficient (Wildman–Crippen LogP) is -1.34. The molecule has 3 saturated heterocycles. The van der Waals surface area contributed by atoms with Crippen molar-refractivity contribution in [3.05, 3.63) is 0 Å². The Morgan fingerprint density at radius 1 is 1.00 bits per heavy atom. The molecule has 3 aliphatic heterocycles. The monoisotopic (exact) mass is 265 g/mol. The van der Waals surface area contributed by atoms with E-state index >= 15 is 0 Å². The maximum absolute atomic E-state index is 11.4. The molecule has 3 heterocycles. The lowest BCUT2D eigenvalue weighted by Gasteiger charge is -2.34. The summed E-state index contributed by atoms with van der Waals surface area (Å²) in [5.74, 6) is -1.81. The molecule has 0 aromatic heterocycles. The van der Waals surface area contributed by atoms with Crippen LogP contribution in [0, 0.1) is 0 Å². The number of hydrogen-bond donors (Lipinski definition) is 0. The zero-order valence-electron chi connectivity index (χ0n) is 8.10. The van der Waals surface area contributed by atoms with E-state index in [9.17, 15) is 14.4 Å². The minimum atomic E-state index is -3.70. The van der Waals surface area contributed by atoms with Crippen molar-refractivity contribution in [3.63, 3.8) is 0 Å². The molecule has 0 amide bonds. The van der Waals surface area contributed by atoms with Crippen LogP contribution in [0.5, 0.6) is 0 Å². The lowest BCUT2D eigenvalue weighted by atomic mass is 10.4. The van der Waals surface area contributed by atoms with Gasteiger partial charge in [0.2, 0.25) is 0 Å². The Morgan fingerprint density at radius 2 is 1.38 bits per heavy atom. The van der Waals surface area contributed by atoms with Crippen LogP contribution in [0.25, 0.3) is 0 Å². The molecular weight excluding hydrogens is 258 g/mol. The highest BCUT2D eigenvalue weighted by Gasteiger charge is 2.55. The van der Waals surface area contributed by atoms with Gasteiger partial charge in [-0.1, -0.05) is 0 Å². The lowest BCUT2D eigenvalue weighted by Crippen LogP contribution is -2.61. The zero-order chi connectivity index (χ0) is 11.8. The van der Waals surface area contributed by atoms with E-state index in [1.807, 2.05) is 0 Å². The van der Waals surface area contributed by atoms with Gasteiger partial charge in [-0.2, -0.15) is 0 Å². The summed E-state index contributed by atoms with van der Waals surface area (Å²) in [4.78, 5) is 35.4. The maximum atomic E-state index is 11.4. The molecule has 0 radical (unpaired) electrons. The Hall–Kier alpha value is -1.12. The van der Waals surface area contributed by atoms with Gasteiger partial charge in [-0.05, 0) is 0 Å². The number of hydrogen-bond acceptors (Lipinski definition) is 7. The molecule has 0 unspecified atom stereocenters. The molecule has 7 nitrogen and oxygen atoms in total. The van der Waals surface area contributed by atoms with Crippen LogP contribution in [0.2, 0.25) is 0 Å². The van der Waals surface area contributed by atoms with Gasteiger partial charge in [0.15, 0.2) is 0 Å². The van der Waals surface area contributed by atoms with Crippen LogP contribution < -0.4 is 0 Å². The highest BCUT2D eigenvalue weighted by molar-refractivity contribution is 6.73. The van der Waals surface area contributed by atoms with Crippen molar-refractivity contribution in [2.75, 3.05) is 25.1 Å². The molecule has 0 atom stereocenters. The molecule has 0 aromatic carbocycles. The first kappa shape index (κ1) is 11.4. The second kappa shape index (κ2) is 4.04. The van der Waals surface area contributed by atoms with E-state index in [4.69, 9.17) is 24.9 Å². The smallest absolute Gasteiger partial charge is 0.453 e. The van der Waals surface area contributed by atoms with Gasteiger partial charge in [-0.25, -0.2) is 0 Å². The largest absolute Gasteiger partial charge is 0.720 e. The summed E-state index contributed by atoms with van der Waals surface area (Å²) in [6.45, 7) is -0.429. The highest BCUT2D eigenvalue weighted by Crippen LogP contribution is 2.19. The second-order valence-corrected chi connectivity index (χ2v) is 6.43. The van der Waals surface area contributed by atoms with Crippen LogP contribution >= 0.6 is 11.6 Å². The number of carbonyl (C=O) groups is 3. The average Bonchev–Trinajstić information content (AvgIpc) is 2.11. The van der Waals surface area contributed by atoms with E-state index in [2.05, 4.69) is 0 Å². The number of carbonyl (C=O) groups excluding carboxylic acids is 3. The normalized spacial score (nSPS) is 34.3. The van der Waals surface area contributed by atoms with Gasteiger partial charge in [0, 0.05) is 0 Å². The third-order valence-electron chi connectivity index (χ3n) is 2.03. The van der Waals surface area contributed by atoms with Crippen molar-refractivity contribution in [2.24, 2.45) is 0 Å². The number of nitrogens with zero attached hydrogens (tertiary/aromatic N) is 1. The van der Waals surface area contributed by atoms with E-state index < -0.39 is 26.7 Å². The first-order valence-corrected chi connectivity index (χ1v) is 6.93. The minimum absolute atomic E-state index is 0.143. The molecule has 0 aromatic rings. The van der Waals surface area contributed by atoms with E-state index in [1.165, 1.54) is 4.90 Å². The topological polar surface area (TPSA) is 82.1 Å². The summed E-state index contributed by atoms with van der Waals surface area (Å²) in [5.41, 5.74) is -0.323. The Kier molecular flexibility index (Phi) is 2.87. The van der Waals surface area contributed by atoms with Gasteiger partial charge in [-0.15, -0.1) is 11.6 Å². The Bertz CT molecular complexity index is 310. The van der Waals surface area contributed by atoms with Crippen LogP contribution in [0.3, 0.4) is 0 Å². The first-order chi connectivity index (χ1) is 7.53. The first-order valence-electron chi connectivity index (χ1n) is 4.47. The molecule has 0 saturated carbocycles. The Morgan fingerprint density at radius 3 is 1.69 bits per heavy atom. The van der Waals surface area contributed by atoms with Crippen LogP contribution in [0.1, 0.15) is 0 Å². The molecule has 16 heavy (non-hydrogen) atoms. The molecule has 3 rings (SSSR count). The molecular formula is C7H8ClNO6Si. The summed E-state index contributed by atoms with van der Waals surface area (Å²) in [6.07, 6.45) is 0. The van der Waals surface area contributed by atoms with Crippen molar-refractivity contribution in [2.45, 2.75) is 0 Å². The Labute approximate surface area is 96.6 Å². The quantitative estimate of drug-likeness (QED) is 0.429. The van der Waals surface area contributed by atoms with Crippen LogP contribution in [-0.2, 0) is 27.7 Å². The molecule has 9 heteroatoms. The van der Waals surface area contributed by atoms with E-state index in [0.717, 1.165) is 0 Å². The van der Waals surface area contributed by atoms with Gasteiger partial charge >= 0.3 is 26.7 Å². The summed E-state index contributed by atoms with van der Waals surface area (Å²) >= 11 is 5.57. The molecule has 0 spiro atoms. The number of rotatable bonds is 1. The number of halogens is 1. The summed E-state index contributed by atoms with van der Waals surface area (Å²) < 4.78 is 14.6. The van der Waals surface area contributed by atoms with Crippen LogP contribution in [0.15, 0.2) is 0 Å². The minimum Gasteiger partial charge on any atom is -0.453 e. The SMILES string of the molecule is O=C1CN2CC(=O)O[Si](CCl)(O1)OC(=O)C2. The second-order valence-electron chi connectivity index (χ2n) is 3.38. The third-order valence-corrected chi connectivity index (χ3v) is 4.96. The summed E-state index contributed by atoms with van der Waals surface area (Å²) in [6, 6.07) is 0. The fourth-order valence-electron chi connectivity index (χ4n) is 1.48. The van der Waals surface area contributed by atoms with Gasteiger partial charge in [0.25, 0.3) is 0 Å². The fourth-order valence-corrected chi connectivity index (χ4v) is 3.49. The highest BCUT2D eigenvalue weighted by atomic mass is 35.5. The van der Waals surface area contributed by atoms with Gasteiger partial charge < -0.3 is 13.3 Å². The molecule has 3 fully saturated rings. The summed E-state index contributed by atoms with van der Waals surface area (Å²) in [5, 5.41) is 0. The van der Waals surface area contributed by atoms with Gasteiger partial charge in [0.05, 0.1) is 19.6 Å². The van der Waals surface area contributed by atoms with Gasteiger partial charge in [-0.3, -0.25) is 19.3 Å². The van der Waals surface area contributed by atoms with Crippen LogP contribution in [-0.4, -0.2) is 56.7 Å². The zero-order valence-corrected chi connectivity index (χ0v) is 9.86. The molecule has 0 N–H and O–H groups in total. The molecule has 2 bridgehead atoms. The number of alkyl halides is 1. The van der Waals surface area contributed by atoms with Gasteiger partial charge in [0.1, 0.15) is 5.50 Å². The molecule has 88 valence electrons. The number of fused-ring (bicyclic) bond motifs is 6. The van der Waals surface area contributed by atoms with E-state index in [1.54, 1.807) is 0 Å². The maximum Gasteiger partial charge on any atom is 0.720 e.